The molecule has 0 saturated carbocycles. The summed E-state index contributed by atoms with van der Waals surface area (Å²) in [5, 5.41) is 3.39. The van der Waals surface area contributed by atoms with Gasteiger partial charge in [-0.1, -0.05) is 6.92 Å². The van der Waals surface area contributed by atoms with Crippen molar-refractivity contribution in [2.24, 2.45) is 0 Å². The second kappa shape index (κ2) is 4.94. The molecule has 1 unspecified atom stereocenters. The molecule has 1 atom stereocenters. The fourth-order valence-electron chi connectivity index (χ4n) is 2.42. The van der Waals surface area contributed by atoms with Crippen LogP contribution in [0.15, 0.2) is 18.7 Å². The summed E-state index contributed by atoms with van der Waals surface area (Å²) in [6, 6.07) is 0. The number of aryl methyl sites for hydroxylation is 1. The predicted molar refractivity (Wildman–Crippen MR) is 69.8 cm³/mol. The van der Waals surface area contributed by atoms with Crippen molar-refractivity contribution >= 4 is 11.3 Å². The summed E-state index contributed by atoms with van der Waals surface area (Å²) >= 11 is 0. The summed E-state index contributed by atoms with van der Waals surface area (Å²) < 4.78 is 7.63. The number of rotatable bonds is 4. The number of anilines is 1. The van der Waals surface area contributed by atoms with E-state index in [0.29, 0.717) is 6.10 Å². The number of imidazole rings is 1. The van der Waals surface area contributed by atoms with Crippen LogP contribution < -0.4 is 5.32 Å². The number of ether oxygens (including phenoxy) is 1. The van der Waals surface area contributed by atoms with Crippen LogP contribution in [-0.4, -0.2) is 33.6 Å². The topological polar surface area (TPSA) is 51.5 Å². The van der Waals surface area contributed by atoms with E-state index in [2.05, 4.69) is 22.2 Å². The van der Waals surface area contributed by atoms with Gasteiger partial charge < -0.3 is 14.5 Å². The van der Waals surface area contributed by atoms with Gasteiger partial charge in [-0.25, -0.2) is 9.97 Å². The van der Waals surface area contributed by atoms with Gasteiger partial charge in [-0.05, 0) is 19.3 Å². The monoisotopic (exact) mass is 246 g/mol. The Kier molecular flexibility index (Phi) is 3.15. The zero-order valence-corrected chi connectivity index (χ0v) is 10.6. The van der Waals surface area contributed by atoms with Gasteiger partial charge in [0.05, 0.1) is 18.1 Å². The maximum atomic E-state index is 5.61. The van der Waals surface area contributed by atoms with E-state index in [9.17, 15) is 0 Å². The van der Waals surface area contributed by atoms with Crippen LogP contribution in [0.3, 0.4) is 0 Å². The highest BCUT2D eigenvalue weighted by atomic mass is 16.5. The van der Waals surface area contributed by atoms with Crippen LogP contribution in [-0.2, 0) is 11.2 Å². The van der Waals surface area contributed by atoms with Gasteiger partial charge in [0.25, 0.3) is 0 Å². The maximum Gasteiger partial charge on any atom is 0.152 e. The number of nitrogens with one attached hydrogen (secondary N) is 1. The minimum atomic E-state index is 0.319. The van der Waals surface area contributed by atoms with E-state index >= 15 is 0 Å². The first kappa shape index (κ1) is 11.5. The Morgan fingerprint density at radius 2 is 2.44 bits per heavy atom. The number of hydrogen-bond donors (Lipinski definition) is 1. The quantitative estimate of drug-likeness (QED) is 0.895. The number of hydrogen-bond acceptors (Lipinski definition) is 4. The Morgan fingerprint density at radius 1 is 1.50 bits per heavy atom. The third-order valence-corrected chi connectivity index (χ3v) is 3.38. The van der Waals surface area contributed by atoms with Crippen molar-refractivity contribution in [2.75, 3.05) is 18.5 Å². The highest BCUT2D eigenvalue weighted by Crippen LogP contribution is 2.19. The number of fused-ring (bicyclic) bond motifs is 1. The summed E-state index contributed by atoms with van der Waals surface area (Å²) in [7, 11) is 0. The zero-order valence-electron chi connectivity index (χ0n) is 10.6. The van der Waals surface area contributed by atoms with E-state index in [4.69, 9.17) is 4.74 Å². The normalized spacial score (nSPS) is 19.5. The van der Waals surface area contributed by atoms with E-state index < -0.39 is 0 Å². The summed E-state index contributed by atoms with van der Waals surface area (Å²) in [6.45, 7) is 3.82. The molecule has 0 aliphatic carbocycles. The molecule has 0 radical (unpaired) electrons. The van der Waals surface area contributed by atoms with E-state index in [1.54, 1.807) is 6.20 Å². The van der Waals surface area contributed by atoms with Crippen molar-refractivity contribution in [3.05, 3.63) is 24.4 Å². The van der Waals surface area contributed by atoms with Gasteiger partial charge in [-0.2, -0.15) is 0 Å². The lowest BCUT2D eigenvalue weighted by Gasteiger charge is -2.12. The minimum absolute atomic E-state index is 0.319. The third-order valence-electron chi connectivity index (χ3n) is 3.38. The summed E-state index contributed by atoms with van der Waals surface area (Å²) in [5.74, 6) is 0.905. The molecule has 2 aromatic heterocycles. The van der Waals surface area contributed by atoms with Crippen LogP contribution in [0.5, 0.6) is 0 Å². The molecule has 0 bridgehead atoms. The predicted octanol–water partition coefficient (Wildman–Crippen LogP) is 1.88. The minimum Gasteiger partial charge on any atom is -0.376 e. The van der Waals surface area contributed by atoms with Crippen LogP contribution in [0.4, 0.5) is 5.82 Å². The molecule has 5 nitrogen and oxygen atoms in total. The van der Waals surface area contributed by atoms with Crippen molar-refractivity contribution in [1.82, 2.24) is 14.4 Å². The lowest BCUT2D eigenvalue weighted by atomic mass is 10.2. The van der Waals surface area contributed by atoms with E-state index in [-0.39, 0.29) is 0 Å². The van der Waals surface area contributed by atoms with Crippen LogP contribution in [0.2, 0.25) is 0 Å². The summed E-state index contributed by atoms with van der Waals surface area (Å²) in [6.07, 6.45) is 9.10. The van der Waals surface area contributed by atoms with Crippen molar-refractivity contribution in [3.8, 4) is 0 Å². The van der Waals surface area contributed by atoms with Gasteiger partial charge in [-0.3, -0.25) is 0 Å². The smallest absolute Gasteiger partial charge is 0.152 e. The molecule has 1 aliphatic rings. The molecule has 0 aromatic carbocycles. The molecule has 1 saturated heterocycles. The molecule has 1 N–H and O–H groups in total. The SMILES string of the molecule is CCc1ncn2ccnc(NCC3CCCO3)c12. The lowest BCUT2D eigenvalue weighted by molar-refractivity contribution is 0.120. The molecule has 1 fully saturated rings. The van der Waals surface area contributed by atoms with Crippen molar-refractivity contribution in [2.45, 2.75) is 32.3 Å². The standard InChI is InChI=1S/C13H18N4O/c1-2-11-12-13(14-5-6-17(12)9-16-11)15-8-10-4-3-7-18-10/h5-6,9-10H,2-4,7-8H2,1H3,(H,14,15). The molecular weight excluding hydrogens is 228 g/mol. The molecule has 3 rings (SSSR count). The zero-order chi connectivity index (χ0) is 12.4. The maximum absolute atomic E-state index is 5.61. The van der Waals surface area contributed by atoms with Crippen LogP contribution >= 0.6 is 0 Å². The largest absolute Gasteiger partial charge is 0.376 e. The average molecular weight is 246 g/mol. The fourth-order valence-corrected chi connectivity index (χ4v) is 2.42. The van der Waals surface area contributed by atoms with Crippen LogP contribution in [0.1, 0.15) is 25.5 Å². The third kappa shape index (κ3) is 2.06. The van der Waals surface area contributed by atoms with E-state index in [0.717, 1.165) is 49.4 Å². The average Bonchev–Trinajstić information content (AvgIpc) is 3.05. The Morgan fingerprint density at radius 3 is 3.22 bits per heavy atom. The van der Waals surface area contributed by atoms with Gasteiger partial charge in [0.2, 0.25) is 0 Å². The Labute approximate surface area is 106 Å². The van der Waals surface area contributed by atoms with E-state index in [1.165, 1.54) is 0 Å². The Hall–Kier alpha value is -1.62. The second-order valence-corrected chi connectivity index (χ2v) is 4.59. The molecule has 96 valence electrons. The van der Waals surface area contributed by atoms with Gasteiger partial charge in [0, 0.05) is 25.5 Å². The highest BCUT2D eigenvalue weighted by Gasteiger charge is 2.16. The molecule has 1 aliphatic heterocycles. The molecule has 0 amide bonds. The summed E-state index contributed by atoms with van der Waals surface area (Å²) in [4.78, 5) is 8.83. The first-order valence-corrected chi connectivity index (χ1v) is 6.54. The van der Waals surface area contributed by atoms with E-state index in [1.807, 2.05) is 16.9 Å². The molecule has 0 spiro atoms. The highest BCUT2D eigenvalue weighted by molar-refractivity contribution is 5.70. The first-order chi connectivity index (χ1) is 8.88. The molecule has 3 heterocycles. The fraction of sp³-hybridized carbons (Fsp3) is 0.538. The van der Waals surface area contributed by atoms with Crippen molar-refractivity contribution in [1.29, 1.82) is 0 Å². The summed E-state index contributed by atoms with van der Waals surface area (Å²) in [5.41, 5.74) is 2.16. The van der Waals surface area contributed by atoms with Gasteiger partial charge in [0.15, 0.2) is 5.82 Å². The molecule has 18 heavy (non-hydrogen) atoms. The van der Waals surface area contributed by atoms with Gasteiger partial charge in [0.1, 0.15) is 5.52 Å². The first-order valence-electron chi connectivity index (χ1n) is 6.54. The Balaban J connectivity index is 1.83. The number of nitrogens with zero attached hydrogens (tertiary/aromatic N) is 3. The Bertz CT molecular complexity index is 531. The van der Waals surface area contributed by atoms with Crippen LogP contribution in [0.25, 0.3) is 5.52 Å². The second-order valence-electron chi connectivity index (χ2n) is 4.59. The van der Waals surface area contributed by atoms with Gasteiger partial charge in [-0.15, -0.1) is 0 Å². The lowest BCUT2D eigenvalue weighted by Crippen LogP contribution is -2.19. The molecule has 2 aromatic rings. The number of aromatic nitrogens is 3. The molecular formula is C13H18N4O. The van der Waals surface area contributed by atoms with Crippen molar-refractivity contribution in [3.63, 3.8) is 0 Å². The van der Waals surface area contributed by atoms with Crippen molar-refractivity contribution < 1.29 is 4.74 Å². The molecule has 5 heteroatoms. The van der Waals surface area contributed by atoms with Crippen LogP contribution in [0, 0.1) is 0 Å². The van der Waals surface area contributed by atoms with Gasteiger partial charge >= 0.3 is 0 Å².